The quantitative estimate of drug-likeness (QED) is 0.663. The molecule has 1 saturated heterocycles. The summed E-state index contributed by atoms with van der Waals surface area (Å²) in [5, 5.41) is 13.8. The van der Waals surface area contributed by atoms with Gasteiger partial charge in [0.1, 0.15) is 5.82 Å². The Morgan fingerprint density at radius 3 is 2.94 bits per heavy atom. The number of likely N-dealkylation sites (tertiary alicyclic amines) is 1. The van der Waals surface area contributed by atoms with E-state index in [4.69, 9.17) is 0 Å². The number of piperidine rings is 1. The fourth-order valence-corrected chi connectivity index (χ4v) is 2.28. The number of hydrogen-bond donors (Lipinski definition) is 1. The monoisotopic (exact) mass is 253 g/mol. The van der Waals surface area contributed by atoms with E-state index in [-0.39, 0.29) is 11.7 Å². The fraction of sp³-hybridized carbons (Fsp3) is 0.500. The summed E-state index contributed by atoms with van der Waals surface area (Å²) in [6.45, 7) is 1.92. The first-order valence-corrected chi connectivity index (χ1v) is 5.94. The molecule has 1 aromatic carbocycles. The van der Waals surface area contributed by atoms with E-state index < -0.39 is 10.7 Å². The fourth-order valence-electron chi connectivity index (χ4n) is 2.28. The Balaban J connectivity index is 2.10. The molecule has 0 bridgehead atoms. The summed E-state index contributed by atoms with van der Waals surface area (Å²) in [5.74, 6) is -0.587. The van der Waals surface area contributed by atoms with Gasteiger partial charge in [0.2, 0.25) is 0 Å². The molecule has 1 atom stereocenters. The third-order valence-electron chi connectivity index (χ3n) is 3.09. The van der Waals surface area contributed by atoms with Crippen LogP contribution in [0.1, 0.15) is 12.8 Å². The maximum absolute atomic E-state index is 13.3. The highest BCUT2D eigenvalue weighted by molar-refractivity contribution is 5.52. The van der Waals surface area contributed by atoms with Crippen molar-refractivity contribution in [3.8, 4) is 0 Å². The Morgan fingerprint density at radius 2 is 2.28 bits per heavy atom. The second-order valence-corrected chi connectivity index (χ2v) is 4.70. The number of likely N-dealkylation sites (N-methyl/N-ethyl adjacent to an activating group) is 1. The van der Waals surface area contributed by atoms with Gasteiger partial charge < -0.3 is 10.2 Å². The molecule has 1 unspecified atom stereocenters. The van der Waals surface area contributed by atoms with Crippen molar-refractivity contribution >= 4 is 11.4 Å². The summed E-state index contributed by atoms with van der Waals surface area (Å²) >= 11 is 0. The molecule has 1 aromatic rings. The second kappa shape index (κ2) is 5.30. The zero-order valence-corrected chi connectivity index (χ0v) is 10.2. The molecular weight excluding hydrogens is 237 g/mol. The van der Waals surface area contributed by atoms with Gasteiger partial charge in [-0.15, -0.1) is 0 Å². The molecule has 2 rings (SSSR count). The number of nitro benzene ring substituents is 1. The van der Waals surface area contributed by atoms with Crippen LogP contribution in [0.3, 0.4) is 0 Å². The van der Waals surface area contributed by atoms with Gasteiger partial charge >= 0.3 is 0 Å². The molecule has 1 aliphatic rings. The maximum atomic E-state index is 13.3. The van der Waals surface area contributed by atoms with E-state index in [1.54, 1.807) is 0 Å². The molecule has 1 N–H and O–H groups in total. The first kappa shape index (κ1) is 12.8. The average molecular weight is 253 g/mol. The lowest BCUT2D eigenvalue weighted by molar-refractivity contribution is -0.385. The number of rotatable bonds is 3. The van der Waals surface area contributed by atoms with Crippen LogP contribution in [0.2, 0.25) is 0 Å². The number of hydrogen-bond acceptors (Lipinski definition) is 4. The Morgan fingerprint density at radius 1 is 1.50 bits per heavy atom. The van der Waals surface area contributed by atoms with Gasteiger partial charge in [-0.2, -0.15) is 0 Å². The first-order chi connectivity index (χ1) is 8.54. The third kappa shape index (κ3) is 3.16. The summed E-state index contributed by atoms with van der Waals surface area (Å²) in [6, 6.07) is 3.81. The van der Waals surface area contributed by atoms with Crippen molar-refractivity contribution in [2.24, 2.45) is 0 Å². The van der Waals surface area contributed by atoms with Crippen molar-refractivity contribution < 1.29 is 9.31 Å². The Bertz CT molecular complexity index is 453. The number of non-ortho nitro benzene ring substituents is 1. The van der Waals surface area contributed by atoms with Gasteiger partial charge in [0.05, 0.1) is 11.0 Å². The number of anilines is 1. The van der Waals surface area contributed by atoms with Crippen molar-refractivity contribution in [2.45, 2.75) is 18.9 Å². The molecule has 18 heavy (non-hydrogen) atoms. The molecule has 6 heteroatoms. The SMILES string of the molecule is CN1CCCC(Nc2cc(F)cc([N+](=O)[O-])c2)C1. The lowest BCUT2D eigenvalue weighted by Crippen LogP contribution is -2.39. The molecule has 0 spiro atoms. The topological polar surface area (TPSA) is 58.4 Å². The van der Waals surface area contributed by atoms with Gasteiger partial charge in [0, 0.05) is 24.3 Å². The minimum atomic E-state index is -0.587. The number of halogens is 1. The Kier molecular flexibility index (Phi) is 3.76. The molecule has 5 nitrogen and oxygen atoms in total. The zero-order valence-electron chi connectivity index (χ0n) is 10.2. The van der Waals surface area contributed by atoms with Gasteiger partial charge in [-0.1, -0.05) is 0 Å². The standard InChI is InChI=1S/C12H16FN3O2/c1-15-4-2-3-10(8-15)14-11-5-9(13)6-12(7-11)16(17)18/h5-7,10,14H,2-4,8H2,1H3. The highest BCUT2D eigenvalue weighted by atomic mass is 19.1. The predicted molar refractivity (Wildman–Crippen MR) is 67.2 cm³/mol. The molecule has 1 aliphatic heterocycles. The minimum absolute atomic E-state index is 0.213. The normalized spacial score (nSPS) is 20.7. The van der Waals surface area contributed by atoms with Crippen LogP contribution in [0.4, 0.5) is 15.8 Å². The van der Waals surface area contributed by atoms with Crippen molar-refractivity contribution in [1.29, 1.82) is 0 Å². The van der Waals surface area contributed by atoms with Crippen LogP contribution in [-0.4, -0.2) is 36.0 Å². The van der Waals surface area contributed by atoms with Crippen LogP contribution in [0, 0.1) is 15.9 Å². The molecule has 1 heterocycles. The lowest BCUT2D eigenvalue weighted by Gasteiger charge is -2.30. The minimum Gasteiger partial charge on any atom is -0.381 e. The summed E-state index contributed by atoms with van der Waals surface area (Å²) in [7, 11) is 2.03. The van der Waals surface area contributed by atoms with E-state index in [9.17, 15) is 14.5 Å². The molecule has 1 fully saturated rings. The van der Waals surface area contributed by atoms with E-state index in [0.29, 0.717) is 5.69 Å². The molecule has 98 valence electrons. The number of nitrogens with zero attached hydrogens (tertiary/aromatic N) is 2. The summed E-state index contributed by atoms with van der Waals surface area (Å²) < 4.78 is 13.3. The number of nitrogens with one attached hydrogen (secondary N) is 1. The van der Waals surface area contributed by atoms with Gasteiger partial charge in [-0.25, -0.2) is 4.39 Å². The van der Waals surface area contributed by atoms with Crippen molar-refractivity contribution in [3.63, 3.8) is 0 Å². The highest BCUT2D eigenvalue weighted by Gasteiger charge is 2.18. The molecule has 0 amide bonds. The Hall–Kier alpha value is -1.69. The van der Waals surface area contributed by atoms with Crippen LogP contribution >= 0.6 is 0 Å². The first-order valence-electron chi connectivity index (χ1n) is 5.94. The van der Waals surface area contributed by atoms with E-state index in [2.05, 4.69) is 10.2 Å². The largest absolute Gasteiger partial charge is 0.381 e. The van der Waals surface area contributed by atoms with Crippen LogP contribution in [0.5, 0.6) is 0 Å². The van der Waals surface area contributed by atoms with Crippen LogP contribution in [-0.2, 0) is 0 Å². The van der Waals surface area contributed by atoms with Gasteiger partial charge in [-0.05, 0) is 32.5 Å². The Labute approximate surface area is 105 Å². The van der Waals surface area contributed by atoms with Crippen molar-refractivity contribution in [1.82, 2.24) is 4.90 Å². The third-order valence-corrected chi connectivity index (χ3v) is 3.09. The molecular formula is C12H16FN3O2. The van der Waals surface area contributed by atoms with E-state index in [1.807, 2.05) is 7.05 Å². The molecule has 0 radical (unpaired) electrons. The van der Waals surface area contributed by atoms with Crippen LogP contribution < -0.4 is 5.32 Å². The van der Waals surface area contributed by atoms with E-state index in [1.165, 1.54) is 12.1 Å². The predicted octanol–water partition coefficient (Wildman–Crippen LogP) is 2.24. The summed E-state index contributed by atoms with van der Waals surface area (Å²) in [4.78, 5) is 12.3. The molecule has 0 saturated carbocycles. The van der Waals surface area contributed by atoms with E-state index in [0.717, 1.165) is 32.0 Å². The zero-order chi connectivity index (χ0) is 13.1. The van der Waals surface area contributed by atoms with Gasteiger partial charge in [-0.3, -0.25) is 10.1 Å². The van der Waals surface area contributed by atoms with Crippen molar-refractivity contribution in [2.75, 3.05) is 25.5 Å². The number of nitro groups is 1. The van der Waals surface area contributed by atoms with Crippen molar-refractivity contribution in [3.05, 3.63) is 34.1 Å². The van der Waals surface area contributed by atoms with E-state index >= 15 is 0 Å². The number of benzene rings is 1. The maximum Gasteiger partial charge on any atom is 0.274 e. The van der Waals surface area contributed by atoms with Gasteiger partial charge in [0.15, 0.2) is 0 Å². The average Bonchev–Trinajstić information content (AvgIpc) is 2.28. The summed E-state index contributed by atoms with van der Waals surface area (Å²) in [5.41, 5.74) is 0.253. The van der Waals surface area contributed by atoms with Crippen LogP contribution in [0.25, 0.3) is 0 Å². The molecule has 0 aliphatic carbocycles. The highest BCUT2D eigenvalue weighted by Crippen LogP contribution is 2.22. The molecule has 0 aromatic heterocycles. The smallest absolute Gasteiger partial charge is 0.274 e. The second-order valence-electron chi connectivity index (χ2n) is 4.70. The van der Waals surface area contributed by atoms with Crippen LogP contribution in [0.15, 0.2) is 18.2 Å². The van der Waals surface area contributed by atoms with Gasteiger partial charge in [0.25, 0.3) is 5.69 Å². The summed E-state index contributed by atoms with van der Waals surface area (Å²) in [6.07, 6.45) is 2.07. The lowest BCUT2D eigenvalue weighted by atomic mass is 10.1.